The number of unbranched alkanes of at least 4 members (excludes halogenated alkanes) is 1. The van der Waals surface area contributed by atoms with Gasteiger partial charge >= 0.3 is 0 Å². The van der Waals surface area contributed by atoms with Crippen LogP contribution in [0.5, 0.6) is 0 Å². The number of hydrogen-bond donors (Lipinski definition) is 1. The van der Waals surface area contributed by atoms with Gasteiger partial charge in [-0.3, -0.25) is 0 Å². The van der Waals surface area contributed by atoms with Crippen LogP contribution in [0.25, 0.3) is 0 Å². The Bertz CT molecular complexity index is 349. The number of halogens is 1. The summed E-state index contributed by atoms with van der Waals surface area (Å²) in [5.74, 6) is 0.423. The van der Waals surface area contributed by atoms with Gasteiger partial charge in [0.1, 0.15) is 5.82 Å². The topological polar surface area (TPSA) is 12.0 Å². The van der Waals surface area contributed by atoms with Crippen LogP contribution in [-0.4, -0.2) is 7.05 Å². The highest BCUT2D eigenvalue weighted by Crippen LogP contribution is 2.28. The standard InChI is InChI=1S/C15H24FN/c1-5-6-7-11(2)15(17-4)14-9-8-13(16)10-12(14)3/h8-11,15,17H,5-7H2,1-4H3. The third-order valence-electron chi connectivity index (χ3n) is 3.46. The fraction of sp³-hybridized carbons (Fsp3) is 0.600. The summed E-state index contributed by atoms with van der Waals surface area (Å²) < 4.78 is 13.1. The smallest absolute Gasteiger partial charge is 0.123 e. The van der Waals surface area contributed by atoms with Crippen molar-refractivity contribution in [3.8, 4) is 0 Å². The molecular formula is C15H24FN. The van der Waals surface area contributed by atoms with Crippen molar-refractivity contribution in [1.82, 2.24) is 5.32 Å². The second kappa shape index (κ2) is 6.75. The van der Waals surface area contributed by atoms with Gasteiger partial charge in [-0.25, -0.2) is 4.39 Å². The maximum atomic E-state index is 13.1. The Morgan fingerprint density at radius 2 is 2.06 bits per heavy atom. The SMILES string of the molecule is CCCCC(C)C(NC)c1ccc(F)cc1C. The molecule has 17 heavy (non-hydrogen) atoms. The lowest BCUT2D eigenvalue weighted by atomic mass is 9.88. The van der Waals surface area contributed by atoms with E-state index in [2.05, 4.69) is 19.2 Å². The van der Waals surface area contributed by atoms with Gasteiger partial charge in [-0.05, 0) is 49.6 Å². The molecule has 0 aromatic heterocycles. The number of benzene rings is 1. The van der Waals surface area contributed by atoms with Crippen molar-refractivity contribution in [3.05, 3.63) is 35.1 Å². The Morgan fingerprint density at radius 1 is 1.35 bits per heavy atom. The van der Waals surface area contributed by atoms with Crippen molar-refractivity contribution < 1.29 is 4.39 Å². The Hall–Kier alpha value is -0.890. The molecule has 2 atom stereocenters. The minimum atomic E-state index is -0.151. The molecule has 1 aromatic rings. The summed E-state index contributed by atoms with van der Waals surface area (Å²) in [6.07, 6.45) is 3.68. The third-order valence-corrected chi connectivity index (χ3v) is 3.46. The zero-order valence-corrected chi connectivity index (χ0v) is 11.4. The molecule has 1 nitrogen and oxygen atoms in total. The van der Waals surface area contributed by atoms with Gasteiger partial charge in [0, 0.05) is 6.04 Å². The van der Waals surface area contributed by atoms with Gasteiger partial charge in [-0.1, -0.05) is 32.8 Å². The molecular weight excluding hydrogens is 213 g/mol. The fourth-order valence-corrected chi connectivity index (χ4v) is 2.43. The zero-order valence-electron chi connectivity index (χ0n) is 11.4. The summed E-state index contributed by atoms with van der Waals surface area (Å²) >= 11 is 0. The van der Waals surface area contributed by atoms with Crippen LogP contribution in [0.1, 0.15) is 50.3 Å². The second-order valence-corrected chi connectivity index (χ2v) is 4.89. The average molecular weight is 237 g/mol. The van der Waals surface area contributed by atoms with Crippen LogP contribution in [0, 0.1) is 18.7 Å². The molecule has 1 aromatic carbocycles. The van der Waals surface area contributed by atoms with E-state index in [9.17, 15) is 4.39 Å². The summed E-state index contributed by atoms with van der Waals surface area (Å²) in [6, 6.07) is 5.40. The van der Waals surface area contributed by atoms with Crippen LogP contribution in [0.15, 0.2) is 18.2 Å². The fourth-order valence-electron chi connectivity index (χ4n) is 2.43. The average Bonchev–Trinajstić information content (AvgIpc) is 2.30. The first kappa shape index (κ1) is 14.2. The lowest BCUT2D eigenvalue weighted by Crippen LogP contribution is -2.24. The Balaban J connectivity index is 2.85. The first-order chi connectivity index (χ1) is 8.10. The highest BCUT2D eigenvalue weighted by Gasteiger charge is 2.18. The predicted molar refractivity (Wildman–Crippen MR) is 71.6 cm³/mol. The van der Waals surface area contributed by atoms with Crippen molar-refractivity contribution in [1.29, 1.82) is 0 Å². The van der Waals surface area contributed by atoms with E-state index in [1.807, 2.05) is 20.0 Å². The molecule has 0 saturated carbocycles. The molecule has 0 aliphatic carbocycles. The van der Waals surface area contributed by atoms with E-state index in [0.717, 1.165) is 5.56 Å². The van der Waals surface area contributed by atoms with Crippen LogP contribution >= 0.6 is 0 Å². The van der Waals surface area contributed by atoms with E-state index in [-0.39, 0.29) is 5.82 Å². The predicted octanol–water partition coefficient (Wildman–Crippen LogP) is 4.22. The molecule has 0 amide bonds. The maximum Gasteiger partial charge on any atom is 0.123 e. The Kier molecular flexibility index (Phi) is 5.63. The van der Waals surface area contributed by atoms with Crippen LogP contribution in [0.4, 0.5) is 4.39 Å². The minimum Gasteiger partial charge on any atom is -0.313 e. The van der Waals surface area contributed by atoms with Gasteiger partial charge in [0.25, 0.3) is 0 Å². The number of hydrogen-bond acceptors (Lipinski definition) is 1. The largest absolute Gasteiger partial charge is 0.313 e. The molecule has 0 heterocycles. The van der Waals surface area contributed by atoms with Gasteiger partial charge in [0.05, 0.1) is 0 Å². The minimum absolute atomic E-state index is 0.151. The molecule has 1 N–H and O–H groups in total. The van der Waals surface area contributed by atoms with Crippen molar-refractivity contribution >= 4 is 0 Å². The molecule has 96 valence electrons. The van der Waals surface area contributed by atoms with E-state index < -0.39 is 0 Å². The van der Waals surface area contributed by atoms with E-state index in [1.54, 1.807) is 12.1 Å². The molecule has 0 aliphatic heterocycles. The summed E-state index contributed by atoms with van der Waals surface area (Å²) in [6.45, 7) is 6.46. The van der Waals surface area contributed by atoms with Gasteiger partial charge in [0.2, 0.25) is 0 Å². The van der Waals surface area contributed by atoms with Gasteiger partial charge in [-0.2, -0.15) is 0 Å². The first-order valence-electron chi connectivity index (χ1n) is 6.53. The highest BCUT2D eigenvalue weighted by molar-refractivity contribution is 5.29. The Morgan fingerprint density at radius 3 is 2.59 bits per heavy atom. The normalized spacial score (nSPS) is 14.6. The van der Waals surface area contributed by atoms with Crippen LogP contribution < -0.4 is 5.32 Å². The molecule has 0 spiro atoms. The summed E-state index contributed by atoms with van der Waals surface area (Å²) in [4.78, 5) is 0. The summed E-state index contributed by atoms with van der Waals surface area (Å²) in [5, 5.41) is 3.36. The lowest BCUT2D eigenvalue weighted by molar-refractivity contribution is 0.375. The molecule has 2 unspecified atom stereocenters. The zero-order chi connectivity index (χ0) is 12.8. The number of nitrogens with one attached hydrogen (secondary N) is 1. The Labute approximate surface area is 104 Å². The maximum absolute atomic E-state index is 13.1. The molecule has 0 bridgehead atoms. The quantitative estimate of drug-likeness (QED) is 0.781. The third kappa shape index (κ3) is 3.81. The van der Waals surface area contributed by atoms with Crippen LogP contribution in [0.3, 0.4) is 0 Å². The van der Waals surface area contributed by atoms with E-state index in [4.69, 9.17) is 0 Å². The molecule has 0 radical (unpaired) electrons. The van der Waals surface area contributed by atoms with Crippen molar-refractivity contribution in [2.45, 2.75) is 46.1 Å². The highest BCUT2D eigenvalue weighted by atomic mass is 19.1. The van der Waals surface area contributed by atoms with Gasteiger partial charge < -0.3 is 5.32 Å². The molecule has 0 aliphatic rings. The second-order valence-electron chi connectivity index (χ2n) is 4.89. The lowest BCUT2D eigenvalue weighted by Gasteiger charge is -2.25. The summed E-state index contributed by atoms with van der Waals surface area (Å²) in [7, 11) is 1.98. The molecule has 0 saturated heterocycles. The van der Waals surface area contributed by atoms with Crippen molar-refractivity contribution in [2.75, 3.05) is 7.05 Å². The van der Waals surface area contributed by atoms with E-state index >= 15 is 0 Å². The number of rotatable bonds is 6. The monoisotopic (exact) mass is 237 g/mol. The van der Waals surface area contributed by atoms with Crippen molar-refractivity contribution in [2.24, 2.45) is 5.92 Å². The molecule has 1 rings (SSSR count). The van der Waals surface area contributed by atoms with E-state index in [0.29, 0.717) is 12.0 Å². The first-order valence-corrected chi connectivity index (χ1v) is 6.53. The number of aryl methyl sites for hydroxylation is 1. The van der Waals surface area contributed by atoms with Gasteiger partial charge in [0.15, 0.2) is 0 Å². The van der Waals surface area contributed by atoms with Crippen LogP contribution in [-0.2, 0) is 0 Å². The molecule has 2 heteroatoms. The van der Waals surface area contributed by atoms with E-state index in [1.165, 1.54) is 24.8 Å². The molecule has 0 fully saturated rings. The van der Waals surface area contributed by atoms with Gasteiger partial charge in [-0.15, -0.1) is 0 Å². The summed E-state index contributed by atoms with van der Waals surface area (Å²) in [5.41, 5.74) is 2.25. The van der Waals surface area contributed by atoms with Crippen LogP contribution in [0.2, 0.25) is 0 Å². The van der Waals surface area contributed by atoms with Crippen molar-refractivity contribution in [3.63, 3.8) is 0 Å².